The Labute approximate surface area is 107 Å². The molecule has 0 saturated carbocycles. The Balaban J connectivity index is 2.22. The summed E-state index contributed by atoms with van der Waals surface area (Å²) in [4.78, 5) is 0. The van der Waals surface area contributed by atoms with Crippen LogP contribution in [0.4, 0.5) is 0 Å². The van der Waals surface area contributed by atoms with Crippen molar-refractivity contribution in [1.29, 1.82) is 5.26 Å². The molecule has 0 aromatic heterocycles. The van der Waals surface area contributed by atoms with Crippen LogP contribution in [0.1, 0.15) is 23.6 Å². The highest BCUT2D eigenvalue weighted by Crippen LogP contribution is 2.25. The van der Waals surface area contributed by atoms with E-state index in [0.29, 0.717) is 12.0 Å². The van der Waals surface area contributed by atoms with Gasteiger partial charge in [-0.2, -0.15) is 5.26 Å². The van der Waals surface area contributed by atoms with E-state index in [2.05, 4.69) is 6.07 Å². The lowest BCUT2D eigenvalue weighted by atomic mass is 9.89. The van der Waals surface area contributed by atoms with E-state index in [9.17, 15) is 5.11 Å². The van der Waals surface area contributed by atoms with Crippen LogP contribution in [0.3, 0.4) is 0 Å². The van der Waals surface area contributed by atoms with Crippen LogP contribution >= 0.6 is 0 Å². The molecule has 0 spiro atoms. The summed E-state index contributed by atoms with van der Waals surface area (Å²) in [6.45, 7) is 1.79. The van der Waals surface area contributed by atoms with Crippen molar-refractivity contribution < 1.29 is 5.11 Å². The first-order valence-corrected chi connectivity index (χ1v) is 5.89. The fourth-order valence-electron chi connectivity index (χ4n) is 2.00. The Morgan fingerprint density at radius 2 is 1.67 bits per heavy atom. The summed E-state index contributed by atoms with van der Waals surface area (Å²) in [5.74, 6) is 0. The highest BCUT2D eigenvalue weighted by atomic mass is 16.3. The molecule has 0 heterocycles. The zero-order valence-electron chi connectivity index (χ0n) is 10.3. The molecule has 2 aromatic rings. The molecule has 2 heteroatoms. The molecule has 0 radical (unpaired) electrons. The molecule has 1 N–H and O–H groups in total. The third-order valence-corrected chi connectivity index (χ3v) is 3.03. The highest BCUT2D eigenvalue weighted by molar-refractivity contribution is 5.34. The third-order valence-electron chi connectivity index (χ3n) is 3.03. The monoisotopic (exact) mass is 237 g/mol. The number of benzene rings is 2. The molecule has 1 unspecified atom stereocenters. The zero-order chi connectivity index (χ0) is 13.0. The Morgan fingerprint density at radius 1 is 1.06 bits per heavy atom. The van der Waals surface area contributed by atoms with E-state index in [4.69, 9.17) is 5.26 Å². The van der Waals surface area contributed by atoms with Crippen molar-refractivity contribution in [3.8, 4) is 6.07 Å². The van der Waals surface area contributed by atoms with Crippen LogP contribution < -0.4 is 0 Å². The first-order chi connectivity index (χ1) is 8.62. The summed E-state index contributed by atoms with van der Waals surface area (Å²) in [7, 11) is 0. The van der Waals surface area contributed by atoms with Gasteiger partial charge in [0.25, 0.3) is 0 Å². The first-order valence-electron chi connectivity index (χ1n) is 5.89. The summed E-state index contributed by atoms with van der Waals surface area (Å²) < 4.78 is 0. The minimum Gasteiger partial charge on any atom is -0.385 e. The van der Waals surface area contributed by atoms with E-state index < -0.39 is 5.60 Å². The van der Waals surface area contributed by atoms with Gasteiger partial charge in [0.15, 0.2) is 0 Å². The molecule has 0 aliphatic heterocycles. The predicted molar refractivity (Wildman–Crippen MR) is 70.9 cm³/mol. The fourth-order valence-corrected chi connectivity index (χ4v) is 2.00. The van der Waals surface area contributed by atoms with Gasteiger partial charge in [0.2, 0.25) is 0 Å². The second kappa shape index (κ2) is 5.03. The van der Waals surface area contributed by atoms with Gasteiger partial charge in [0, 0.05) is 6.42 Å². The Morgan fingerprint density at radius 3 is 2.22 bits per heavy atom. The largest absolute Gasteiger partial charge is 0.385 e. The van der Waals surface area contributed by atoms with E-state index >= 15 is 0 Å². The second-order valence-corrected chi connectivity index (χ2v) is 4.63. The lowest BCUT2D eigenvalue weighted by molar-refractivity contribution is 0.0576. The predicted octanol–water partition coefficient (Wildman–Crippen LogP) is 3.01. The van der Waals surface area contributed by atoms with Gasteiger partial charge >= 0.3 is 0 Å². The Kier molecular flexibility index (Phi) is 3.45. The van der Waals surface area contributed by atoms with Crippen LogP contribution in [0.2, 0.25) is 0 Å². The van der Waals surface area contributed by atoms with Crippen LogP contribution in [-0.4, -0.2) is 5.11 Å². The minimum atomic E-state index is -0.921. The second-order valence-electron chi connectivity index (χ2n) is 4.63. The van der Waals surface area contributed by atoms with E-state index in [1.54, 1.807) is 19.1 Å². The molecule has 0 saturated heterocycles. The lowest BCUT2D eigenvalue weighted by Crippen LogP contribution is -2.24. The average Bonchev–Trinajstić information content (AvgIpc) is 2.39. The SMILES string of the molecule is CC(O)(Cc1ccccc1)c1ccc(C#N)cc1. The number of nitriles is 1. The summed E-state index contributed by atoms with van der Waals surface area (Å²) in [6, 6.07) is 19.0. The molecule has 0 aliphatic carbocycles. The topological polar surface area (TPSA) is 44.0 Å². The third kappa shape index (κ3) is 2.77. The van der Waals surface area contributed by atoms with Crippen LogP contribution in [0.25, 0.3) is 0 Å². The van der Waals surface area contributed by atoms with Crippen molar-refractivity contribution in [2.24, 2.45) is 0 Å². The van der Waals surface area contributed by atoms with Gasteiger partial charge in [0.1, 0.15) is 0 Å². The molecule has 1 atom stereocenters. The fraction of sp³-hybridized carbons (Fsp3) is 0.188. The van der Waals surface area contributed by atoms with Crippen molar-refractivity contribution in [2.45, 2.75) is 18.9 Å². The van der Waals surface area contributed by atoms with Crippen LogP contribution in [0.5, 0.6) is 0 Å². The molecule has 2 nitrogen and oxygen atoms in total. The minimum absolute atomic E-state index is 0.555. The normalized spacial score (nSPS) is 13.6. The molecule has 0 amide bonds. The maximum Gasteiger partial charge on any atom is 0.0991 e. The van der Waals surface area contributed by atoms with Gasteiger partial charge < -0.3 is 5.11 Å². The van der Waals surface area contributed by atoms with Gasteiger partial charge in [-0.1, -0.05) is 42.5 Å². The standard InChI is InChI=1S/C16H15NO/c1-16(18,11-13-5-3-2-4-6-13)15-9-7-14(12-17)8-10-15/h2-10,18H,11H2,1H3. The number of aliphatic hydroxyl groups is 1. The molecule has 18 heavy (non-hydrogen) atoms. The van der Waals surface area contributed by atoms with E-state index in [0.717, 1.165) is 11.1 Å². The zero-order valence-corrected chi connectivity index (χ0v) is 10.3. The maximum atomic E-state index is 10.5. The van der Waals surface area contributed by atoms with Crippen LogP contribution in [-0.2, 0) is 12.0 Å². The van der Waals surface area contributed by atoms with E-state index in [1.807, 2.05) is 42.5 Å². The van der Waals surface area contributed by atoms with E-state index in [1.165, 1.54) is 0 Å². The Hall–Kier alpha value is -2.11. The quantitative estimate of drug-likeness (QED) is 0.891. The number of rotatable bonds is 3. The molecule has 2 rings (SSSR count). The molecule has 0 aliphatic rings. The lowest BCUT2D eigenvalue weighted by Gasteiger charge is -2.24. The van der Waals surface area contributed by atoms with Gasteiger partial charge in [0.05, 0.1) is 17.2 Å². The molecular formula is C16H15NO. The molecule has 2 aromatic carbocycles. The molecular weight excluding hydrogens is 222 g/mol. The molecule has 0 fully saturated rings. The molecule has 0 bridgehead atoms. The maximum absolute atomic E-state index is 10.5. The van der Waals surface area contributed by atoms with Crippen LogP contribution in [0, 0.1) is 11.3 Å². The summed E-state index contributed by atoms with van der Waals surface area (Å²) in [5.41, 5.74) is 1.60. The van der Waals surface area contributed by atoms with Crippen molar-refractivity contribution >= 4 is 0 Å². The number of hydrogen-bond acceptors (Lipinski definition) is 2. The van der Waals surface area contributed by atoms with Crippen molar-refractivity contribution in [2.75, 3.05) is 0 Å². The van der Waals surface area contributed by atoms with Crippen molar-refractivity contribution in [1.82, 2.24) is 0 Å². The first kappa shape index (κ1) is 12.3. The number of hydrogen-bond donors (Lipinski definition) is 1. The van der Waals surface area contributed by atoms with E-state index in [-0.39, 0.29) is 0 Å². The van der Waals surface area contributed by atoms with Crippen LogP contribution in [0.15, 0.2) is 54.6 Å². The smallest absolute Gasteiger partial charge is 0.0991 e. The van der Waals surface area contributed by atoms with Gasteiger partial charge in [-0.05, 0) is 30.2 Å². The van der Waals surface area contributed by atoms with Gasteiger partial charge in [-0.25, -0.2) is 0 Å². The van der Waals surface area contributed by atoms with Gasteiger partial charge in [-0.3, -0.25) is 0 Å². The summed E-state index contributed by atoms with van der Waals surface area (Å²) in [5, 5.41) is 19.3. The summed E-state index contributed by atoms with van der Waals surface area (Å²) in [6.07, 6.45) is 0.555. The van der Waals surface area contributed by atoms with Crippen molar-refractivity contribution in [3.63, 3.8) is 0 Å². The number of nitrogens with zero attached hydrogens (tertiary/aromatic N) is 1. The van der Waals surface area contributed by atoms with Gasteiger partial charge in [-0.15, -0.1) is 0 Å². The Bertz CT molecular complexity index is 550. The van der Waals surface area contributed by atoms with Crippen molar-refractivity contribution in [3.05, 3.63) is 71.3 Å². The molecule has 90 valence electrons. The average molecular weight is 237 g/mol. The summed E-state index contributed by atoms with van der Waals surface area (Å²) >= 11 is 0. The highest BCUT2D eigenvalue weighted by Gasteiger charge is 2.23.